The number of quaternary nitrogens is 1. The van der Waals surface area contributed by atoms with Gasteiger partial charge in [-0.3, -0.25) is 0 Å². The highest BCUT2D eigenvalue weighted by atomic mass is 15.3. The second-order valence-electron chi connectivity index (χ2n) is 8.84. The first kappa shape index (κ1) is 23.0. The van der Waals surface area contributed by atoms with Crippen LogP contribution in [-0.4, -0.2) is 11.0 Å². The number of unbranched alkanes of at least 4 members (excludes halogenated alkanes) is 5. The average Bonchev–Trinajstić information content (AvgIpc) is 2.80. The molecule has 1 nitrogen and oxygen atoms in total. The van der Waals surface area contributed by atoms with Gasteiger partial charge in [0, 0.05) is 16.7 Å². The first-order valence-electron chi connectivity index (χ1n) is 11.9. The Morgan fingerprint density at radius 2 is 0.903 bits per heavy atom. The van der Waals surface area contributed by atoms with Gasteiger partial charge in [0.25, 0.3) is 0 Å². The van der Waals surface area contributed by atoms with Crippen molar-refractivity contribution in [2.45, 2.75) is 58.2 Å². The number of nitrogens with zero attached hydrogens (tertiary/aromatic N) is 1. The van der Waals surface area contributed by atoms with Gasteiger partial charge in [-0.1, -0.05) is 110 Å². The fraction of sp³-hybridized carbons (Fsp3) is 0.333. The Bertz CT molecular complexity index is 753. The molecule has 3 aromatic rings. The number of rotatable bonds is 14. The third-order valence-corrected chi connectivity index (χ3v) is 6.12. The molecule has 0 aliphatic rings. The summed E-state index contributed by atoms with van der Waals surface area (Å²) in [5, 5.41) is 0. The number of benzene rings is 3. The molecule has 3 rings (SSSR count). The third kappa shape index (κ3) is 8.19. The zero-order chi connectivity index (χ0) is 21.6. The molecule has 0 N–H and O–H groups in total. The van der Waals surface area contributed by atoms with Crippen LogP contribution in [0.5, 0.6) is 0 Å². The van der Waals surface area contributed by atoms with Crippen LogP contribution >= 0.6 is 0 Å². The molecule has 0 unspecified atom stereocenters. The summed E-state index contributed by atoms with van der Waals surface area (Å²) in [6.45, 7) is 8.26. The molecule has 0 atom stereocenters. The van der Waals surface area contributed by atoms with Crippen LogP contribution in [0.25, 0.3) is 0 Å². The van der Waals surface area contributed by atoms with Gasteiger partial charge >= 0.3 is 0 Å². The van der Waals surface area contributed by atoms with Crippen LogP contribution in [0.15, 0.2) is 104 Å². The molecule has 0 saturated heterocycles. The minimum absolute atomic E-state index is 1.07. The predicted molar refractivity (Wildman–Crippen MR) is 133 cm³/mol. The van der Waals surface area contributed by atoms with Gasteiger partial charge < -0.3 is 4.48 Å². The molecule has 0 saturated carbocycles. The van der Waals surface area contributed by atoms with Crippen molar-refractivity contribution in [3.05, 3.63) is 120 Å². The molecule has 0 fully saturated rings. The summed E-state index contributed by atoms with van der Waals surface area (Å²) in [7, 11) is 0. The van der Waals surface area contributed by atoms with Gasteiger partial charge in [-0.05, 0) is 25.7 Å². The molecule has 0 aliphatic heterocycles. The first-order chi connectivity index (χ1) is 15.3. The quantitative estimate of drug-likeness (QED) is 0.143. The summed E-state index contributed by atoms with van der Waals surface area (Å²) in [5.41, 5.74) is 4.29. The molecular weight excluding hydrogens is 374 g/mol. The van der Waals surface area contributed by atoms with Crippen LogP contribution in [0, 0.1) is 0 Å². The van der Waals surface area contributed by atoms with E-state index in [9.17, 15) is 0 Å². The molecule has 0 heterocycles. The van der Waals surface area contributed by atoms with Crippen molar-refractivity contribution in [3.63, 3.8) is 0 Å². The van der Waals surface area contributed by atoms with Gasteiger partial charge in [-0.15, -0.1) is 6.58 Å². The van der Waals surface area contributed by atoms with Gasteiger partial charge in [-0.2, -0.15) is 0 Å². The number of hydrogen-bond acceptors (Lipinski definition) is 0. The summed E-state index contributed by atoms with van der Waals surface area (Å²) >= 11 is 0. The van der Waals surface area contributed by atoms with Gasteiger partial charge in [0.2, 0.25) is 0 Å². The summed E-state index contributed by atoms with van der Waals surface area (Å²) in [6, 6.07) is 33.2. The number of allylic oxidation sites excluding steroid dienone is 1. The van der Waals surface area contributed by atoms with E-state index in [-0.39, 0.29) is 0 Å². The second-order valence-corrected chi connectivity index (χ2v) is 8.84. The highest BCUT2D eigenvalue weighted by Gasteiger charge is 2.28. The zero-order valence-corrected chi connectivity index (χ0v) is 19.0. The van der Waals surface area contributed by atoms with Crippen molar-refractivity contribution in [2.75, 3.05) is 6.54 Å². The topological polar surface area (TPSA) is 0 Å². The third-order valence-electron chi connectivity index (χ3n) is 6.12. The van der Waals surface area contributed by atoms with Crippen molar-refractivity contribution >= 4 is 0 Å². The van der Waals surface area contributed by atoms with E-state index in [0.29, 0.717) is 0 Å². The standard InChI is InChI=1S/C30H38N/c1-2-3-4-5-6-7-17-24-31(25-28-18-11-8-12-19-28,26-29-20-13-9-14-21-29)27-30-22-15-10-16-23-30/h2,8-16,18-23H,1,3-7,17,24-27H2/q+1. The maximum Gasteiger partial charge on any atom is 0.105 e. The predicted octanol–water partition coefficient (Wildman–Crippen LogP) is 7.93. The highest BCUT2D eigenvalue weighted by Crippen LogP contribution is 2.25. The SMILES string of the molecule is C=CCCCCCCC[N+](Cc1ccccc1)(Cc1ccccc1)Cc1ccccc1. The van der Waals surface area contributed by atoms with Gasteiger partial charge in [-0.25, -0.2) is 0 Å². The summed E-state index contributed by atoms with van der Waals surface area (Å²) in [6.07, 6.45) is 9.72. The monoisotopic (exact) mass is 412 g/mol. The van der Waals surface area contributed by atoms with E-state index in [2.05, 4.69) is 97.6 Å². The minimum Gasteiger partial charge on any atom is -0.312 e. The van der Waals surface area contributed by atoms with E-state index in [0.717, 1.165) is 30.5 Å². The summed E-state index contributed by atoms with van der Waals surface area (Å²) < 4.78 is 1.07. The lowest BCUT2D eigenvalue weighted by molar-refractivity contribution is -0.966. The Labute approximate surface area is 189 Å². The van der Waals surface area contributed by atoms with Gasteiger partial charge in [0.15, 0.2) is 0 Å². The van der Waals surface area contributed by atoms with Gasteiger partial charge in [0.1, 0.15) is 19.6 Å². The lowest BCUT2D eigenvalue weighted by Crippen LogP contribution is -2.46. The van der Waals surface area contributed by atoms with Crippen molar-refractivity contribution in [1.29, 1.82) is 0 Å². The minimum atomic E-state index is 1.07. The van der Waals surface area contributed by atoms with E-state index < -0.39 is 0 Å². The van der Waals surface area contributed by atoms with E-state index in [1.807, 2.05) is 6.08 Å². The molecule has 162 valence electrons. The Balaban J connectivity index is 1.79. The fourth-order valence-electron chi connectivity index (χ4n) is 4.58. The van der Waals surface area contributed by atoms with Crippen molar-refractivity contribution < 1.29 is 4.48 Å². The Kier molecular flexibility index (Phi) is 9.60. The van der Waals surface area contributed by atoms with E-state index in [4.69, 9.17) is 0 Å². The van der Waals surface area contributed by atoms with Crippen LogP contribution in [0.1, 0.15) is 55.2 Å². The summed E-state index contributed by atoms with van der Waals surface area (Å²) in [5.74, 6) is 0. The Hall–Kier alpha value is -2.64. The smallest absolute Gasteiger partial charge is 0.105 e. The average molecular weight is 413 g/mol. The maximum atomic E-state index is 3.84. The van der Waals surface area contributed by atoms with Crippen LogP contribution in [0.4, 0.5) is 0 Å². The summed E-state index contributed by atoms with van der Waals surface area (Å²) in [4.78, 5) is 0. The molecule has 0 spiro atoms. The molecule has 0 amide bonds. The van der Waals surface area contributed by atoms with Crippen molar-refractivity contribution in [1.82, 2.24) is 0 Å². The second kappa shape index (κ2) is 12.9. The van der Waals surface area contributed by atoms with Crippen LogP contribution in [-0.2, 0) is 19.6 Å². The largest absolute Gasteiger partial charge is 0.312 e. The van der Waals surface area contributed by atoms with Crippen LogP contribution < -0.4 is 0 Å². The van der Waals surface area contributed by atoms with E-state index >= 15 is 0 Å². The molecule has 0 bridgehead atoms. The molecule has 1 heteroatoms. The van der Waals surface area contributed by atoms with Gasteiger partial charge in [0.05, 0.1) is 6.54 Å². The molecule has 3 aromatic carbocycles. The van der Waals surface area contributed by atoms with Crippen LogP contribution in [0.3, 0.4) is 0 Å². The first-order valence-corrected chi connectivity index (χ1v) is 11.9. The van der Waals surface area contributed by atoms with E-state index in [1.54, 1.807) is 0 Å². The zero-order valence-electron chi connectivity index (χ0n) is 19.0. The van der Waals surface area contributed by atoms with Crippen LogP contribution in [0.2, 0.25) is 0 Å². The molecular formula is C30H38N+. The molecule has 0 aromatic heterocycles. The molecule has 0 aliphatic carbocycles. The Morgan fingerprint density at radius 1 is 0.516 bits per heavy atom. The maximum absolute atomic E-state index is 3.84. The fourth-order valence-corrected chi connectivity index (χ4v) is 4.58. The number of hydrogen-bond donors (Lipinski definition) is 0. The lowest BCUT2D eigenvalue weighted by atomic mass is 10.0. The molecule has 0 radical (unpaired) electrons. The lowest BCUT2D eigenvalue weighted by Gasteiger charge is -2.39. The molecule has 31 heavy (non-hydrogen) atoms. The highest BCUT2D eigenvalue weighted by molar-refractivity contribution is 5.17. The van der Waals surface area contributed by atoms with Crippen molar-refractivity contribution in [3.8, 4) is 0 Å². The van der Waals surface area contributed by atoms with E-state index in [1.165, 1.54) is 55.3 Å². The normalized spacial score (nSPS) is 11.4. The Morgan fingerprint density at radius 3 is 1.32 bits per heavy atom. The van der Waals surface area contributed by atoms with Crippen molar-refractivity contribution in [2.24, 2.45) is 0 Å².